The summed E-state index contributed by atoms with van der Waals surface area (Å²) in [4.78, 5) is 12.6. The lowest BCUT2D eigenvalue weighted by Gasteiger charge is -2.17. The lowest BCUT2D eigenvalue weighted by Crippen LogP contribution is -2.46. The number of unbranched alkanes of at least 4 members (excludes halogenated alkanes) is 32. The largest absolute Gasteiger partial charge is 0.299 e. The van der Waals surface area contributed by atoms with Crippen molar-refractivity contribution in [3.05, 3.63) is 0 Å². The molecule has 0 bridgehead atoms. The van der Waals surface area contributed by atoms with Crippen LogP contribution in [0.3, 0.4) is 0 Å². The monoisotopic (exact) mass is 675 g/mol. The van der Waals surface area contributed by atoms with Gasteiger partial charge in [0.15, 0.2) is 6.21 Å². The predicted octanol–water partition coefficient (Wildman–Crippen LogP) is 13.5. The van der Waals surface area contributed by atoms with Crippen LogP contribution in [0.4, 0.5) is 0 Å². The van der Waals surface area contributed by atoms with Crippen molar-refractivity contribution in [2.24, 2.45) is 0 Å². The first-order chi connectivity index (χ1) is 23.7. The Morgan fingerprint density at radius 1 is 0.542 bits per heavy atom. The summed E-state index contributed by atoms with van der Waals surface area (Å²) in [5, 5.41) is 6.92. The Kier molecular flexibility index (Phi) is 33.8. The number of rotatable bonds is 38. The fourth-order valence-electron chi connectivity index (χ4n) is 7.66. The molecule has 0 aromatic rings. The summed E-state index contributed by atoms with van der Waals surface area (Å²) in [5.41, 5.74) is 0. The highest BCUT2D eigenvalue weighted by atomic mass is 16.1. The lowest BCUT2D eigenvalue weighted by atomic mass is 10.0. The molecule has 284 valence electrons. The van der Waals surface area contributed by atoms with Crippen LogP contribution in [0.2, 0.25) is 0 Å². The zero-order valence-corrected chi connectivity index (χ0v) is 33.3. The highest BCUT2D eigenvalue weighted by Gasteiger charge is 2.30. The van der Waals surface area contributed by atoms with Gasteiger partial charge in [0.05, 0.1) is 6.54 Å². The molecule has 0 saturated carbocycles. The van der Waals surface area contributed by atoms with E-state index in [2.05, 4.69) is 42.2 Å². The zero-order valence-electron chi connectivity index (χ0n) is 33.3. The minimum Gasteiger partial charge on any atom is -0.299 e. The number of hydrogen-bond donors (Lipinski definition) is 2. The molecule has 0 spiro atoms. The molecule has 0 aliphatic carbocycles. The minimum absolute atomic E-state index is 0.0779. The number of nitrogens with one attached hydrogen (secondary N) is 2. The van der Waals surface area contributed by atoms with Gasteiger partial charge in [-0.2, -0.15) is 0 Å². The van der Waals surface area contributed by atoms with Crippen molar-refractivity contribution in [3.8, 4) is 0 Å². The summed E-state index contributed by atoms with van der Waals surface area (Å²) in [6.07, 6.45) is 52.0. The zero-order chi connectivity index (χ0) is 34.6. The maximum Gasteiger partial charge on any atom is 0.226 e. The second kappa shape index (κ2) is 35.9. The van der Waals surface area contributed by atoms with Gasteiger partial charge in [-0.15, -0.1) is 0 Å². The van der Waals surface area contributed by atoms with Crippen LogP contribution in [0.25, 0.3) is 0 Å². The molecular weight excluding hydrogens is 587 g/mol. The maximum absolute atomic E-state index is 12.6. The quantitative estimate of drug-likeness (QED) is 0.0506. The third-order valence-electron chi connectivity index (χ3n) is 10.9. The van der Waals surface area contributed by atoms with Crippen molar-refractivity contribution in [1.82, 2.24) is 10.6 Å². The van der Waals surface area contributed by atoms with E-state index in [1.807, 2.05) is 0 Å². The third-order valence-corrected chi connectivity index (χ3v) is 10.9. The summed E-state index contributed by atoms with van der Waals surface area (Å²) < 4.78 is 2.36. The molecule has 1 heterocycles. The Labute approximate surface area is 302 Å². The van der Waals surface area contributed by atoms with E-state index in [1.54, 1.807) is 0 Å². The van der Waals surface area contributed by atoms with E-state index < -0.39 is 0 Å². The summed E-state index contributed by atoms with van der Waals surface area (Å²) in [7, 11) is 0. The maximum atomic E-state index is 12.6. The number of amides is 1. The van der Waals surface area contributed by atoms with Crippen LogP contribution in [0.15, 0.2) is 0 Å². The van der Waals surface area contributed by atoms with Crippen molar-refractivity contribution in [1.29, 1.82) is 0 Å². The fraction of sp³-hybridized carbons (Fsp3) is 0.955. The van der Waals surface area contributed by atoms with Crippen LogP contribution in [0.5, 0.6) is 0 Å². The molecular formula is C44H88N3O+. The first-order valence-electron chi connectivity index (χ1n) is 22.3. The van der Waals surface area contributed by atoms with Gasteiger partial charge in [-0.05, 0) is 12.8 Å². The molecule has 2 atom stereocenters. The highest BCUT2D eigenvalue weighted by molar-refractivity contribution is 5.76. The van der Waals surface area contributed by atoms with Crippen LogP contribution in [0, 0.1) is 0 Å². The number of nitrogens with zero attached hydrogens (tertiary/aromatic N) is 1. The Morgan fingerprint density at radius 2 is 0.854 bits per heavy atom. The van der Waals surface area contributed by atoms with Gasteiger partial charge >= 0.3 is 0 Å². The van der Waals surface area contributed by atoms with Crippen LogP contribution in [-0.2, 0) is 4.79 Å². The summed E-state index contributed by atoms with van der Waals surface area (Å²) >= 11 is 0. The van der Waals surface area contributed by atoms with Crippen molar-refractivity contribution < 1.29 is 9.37 Å². The number of carbonyl (C=O) groups is 1. The fourth-order valence-corrected chi connectivity index (χ4v) is 7.66. The molecule has 2 N–H and O–H groups in total. The van der Waals surface area contributed by atoms with E-state index in [0.717, 1.165) is 13.0 Å². The Bertz CT molecular complexity index is 707. The summed E-state index contributed by atoms with van der Waals surface area (Å²) in [6.45, 7) is 7.67. The molecule has 48 heavy (non-hydrogen) atoms. The molecule has 0 radical (unpaired) electrons. The standard InChI is InChI=1S/C44H87N3O/c1-4-6-8-10-12-14-16-18-20-22-24-26-28-30-32-34-36-38-43-45-40-41-47(43)42(3)46-44(48)39-37-35-33-31-29-27-25-23-21-19-17-15-13-11-9-7-5-2/h41-43,45H,4-40H2,1-3H3/p+1. The molecule has 1 aliphatic heterocycles. The molecule has 1 amide bonds. The number of carbonyl (C=O) groups excluding carboxylic acids is 1. The van der Waals surface area contributed by atoms with Gasteiger partial charge in [-0.1, -0.05) is 219 Å². The highest BCUT2D eigenvalue weighted by Crippen LogP contribution is 2.17. The molecule has 1 aliphatic rings. The molecule has 1 rings (SSSR count). The molecule has 4 nitrogen and oxygen atoms in total. The summed E-state index contributed by atoms with van der Waals surface area (Å²) in [5.74, 6) is 0.223. The first-order valence-corrected chi connectivity index (χ1v) is 22.3. The van der Waals surface area contributed by atoms with E-state index in [9.17, 15) is 4.79 Å². The van der Waals surface area contributed by atoms with Gasteiger partial charge in [0.25, 0.3) is 0 Å². The smallest absolute Gasteiger partial charge is 0.226 e. The van der Waals surface area contributed by atoms with Crippen molar-refractivity contribution in [2.45, 2.75) is 264 Å². The number of hydrogen-bond acceptors (Lipinski definition) is 2. The SMILES string of the molecule is CCCCCCCCCCCCCCCCCCCC(=O)NC(C)[N+]1=CCNC1CCCCCCCCCCCCCCCCCCC. The normalized spacial score (nSPS) is 15.2. The Morgan fingerprint density at radius 3 is 1.21 bits per heavy atom. The summed E-state index contributed by atoms with van der Waals surface area (Å²) in [6, 6.07) is 0. The van der Waals surface area contributed by atoms with Crippen LogP contribution in [0.1, 0.15) is 252 Å². The van der Waals surface area contributed by atoms with Crippen molar-refractivity contribution >= 4 is 12.1 Å². The predicted molar refractivity (Wildman–Crippen MR) is 213 cm³/mol. The molecule has 0 aromatic carbocycles. The van der Waals surface area contributed by atoms with Gasteiger partial charge < -0.3 is 0 Å². The molecule has 0 aromatic heterocycles. The van der Waals surface area contributed by atoms with Crippen LogP contribution in [-0.4, -0.2) is 35.6 Å². The van der Waals surface area contributed by atoms with E-state index in [1.165, 1.54) is 218 Å². The first kappa shape index (κ1) is 45.1. The second-order valence-electron chi connectivity index (χ2n) is 15.6. The van der Waals surface area contributed by atoms with Gasteiger partial charge in [-0.25, -0.2) is 9.89 Å². The average Bonchev–Trinajstić information content (AvgIpc) is 3.56. The molecule has 2 unspecified atom stereocenters. The van der Waals surface area contributed by atoms with Crippen LogP contribution >= 0.6 is 0 Å². The molecule has 4 heteroatoms. The van der Waals surface area contributed by atoms with Crippen molar-refractivity contribution in [2.75, 3.05) is 6.54 Å². The van der Waals surface area contributed by atoms with Crippen molar-refractivity contribution in [3.63, 3.8) is 0 Å². The second-order valence-corrected chi connectivity index (χ2v) is 15.6. The van der Waals surface area contributed by atoms with E-state index in [0.29, 0.717) is 12.6 Å². The van der Waals surface area contributed by atoms with E-state index >= 15 is 0 Å². The van der Waals surface area contributed by atoms with Crippen LogP contribution < -0.4 is 10.6 Å². The Hall–Kier alpha value is -0.900. The van der Waals surface area contributed by atoms with Gasteiger partial charge in [0, 0.05) is 19.8 Å². The molecule has 0 fully saturated rings. The van der Waals surface area contributed by atoms with Gasteiger partial charge in [-0.3, -0.25) is 10.1 Å². The minimum atomic E-state index is 0.0779. The van der Waals surface area contributed by atoms with Gasteiger partial charge in [0.2, 0.25) is 18.2 Å². The van der Waals surface area contributed by atoms with E-state index in [4.69, 9.17) is 0 Å². The Balaban J connectivity index is 1.89. The topological polar surface area (TPSA) is 44.1 Å². The lowest BCUT2D eigenvalue weighted by molar-refractivity contribution is -0.595. The average molecular weight is 675 g/mol. The van der Waals surface area contributed by atoms with Gasteiger partial charge in [0.1, 0.15) is 0 Å². The van der Waals surface area contributed by atoms with E-state index in [-0.39, 0.29) is 12.1 Å². The molecule has 0 saturated heterocycles. The third kappa shape index (κ3) is 28.9.